The molecule has 0 aliphatic carbocycles. The molecule has 0 heterocycles. The van der Waals surface area contributed by atoms with Crippen molar-refractivity contribution < 1.29 is 0 Å². The van der Waals surface area contributed by atoms with Crippen LogP contribution in [0.5, 0.6) is 0 Å². The third kappa shape index (κ3) is 3.94. The van der Waals surface area contributed by atoms with Gasteiger partial charge in [-0.25, -0.2) is 0 Å². The Morgan fingerprint density at radius 1 is 1.00 bits per heavy atom. The van der Waals surface area contributed by atoms with Gasteiger partial charge in [0.15, 0.2) is 0 Å². The first-order chi connectivity index (χ1) is 7.27. The molecule has 0 radical (unpaired) electrons. The highest BCUT2D eigenvalue weighted by atomic mass is 14.5. The van der Waals surface area contributed by atoms with Gasteiger partial charge in [0.05, 0.1) is 0 Å². The third-order valence-electron chi connectivity index (χ3n) is 2.91. The molecule has 0 saturated heterocycles. The molecule has 0 amide bonds. The van der Waals surface area contributed by atoms with Crippen molar-refractivity contribution in [3.05, 3.63) is 29.3 Å². The molecule has 0 saturated carbocycles. The molecule has 1 aromatic rings. The van der Waals surface area contributed by atoms with Gasteiger partial charge in [0, 0.05) is 5.69 Å². The maximum atomic E-state index is 5.78. The van der Waals surface area contributed by atoms with Gasteiger partial charge >= 0.3 is 0 Å². The van der Waals surface area contributed by atoms with Crippen LogP contribution in [0.1, 0.15) is 50.7 Å². The number of nitrogen functional groups attached to an aromatic ring is 1. The maximum absolute atomic E-state index is 5.78. The zero-order valence-corrected chi connectivity index (χ0v) is 10.1. The molecule has 0 spiro atoms. The van der Waals surface area contributed by atoms with Crippen LogP contribution in [0.15, 0.2) is 18.2 Å². The third-order valence-corrected chi connectivity index (χ3v) is 2.91. The fourth-order valence-electron chi connectivity index (χ4n) is 1.96. The van der Waals surface area contributed by atoms with E-state index in [1.54, 1.807) is 0 Å². The quantitative estimate of drug-likeness (QED) is 0.552. The minimum absolute atomic E-state index is 0.893. The fourth-order valence-corrected chi connectivity index (χ4v) is 1.96. The summed E-state index contributed by atoms with van der Waals surface area (Å²) in [6.07, 6.45) is 7.63. The van der Waals surface area contributed by atoms with Gasteiger partial charge in [-0.3, -0.25) is 0 Å². The molecule has 2 N–H and O–H groups in total. The summed E-state index contributed by atoms with van der Waals surface area (Å²) in [6.45, 7) is 4.45. The van der Waals surface area contributed by atoms with E-state index in [1.807, 2.05) is 6.07 Å². The van der Waals surface area contributed by atoms with Gasteiger partial charge in [-0.15, -0.1) is 0 Å². The van der Waals surface area contributed by atoms with E-state index in [0.717, 1.165) is 12.1 Å². The number of hydrogen-bond acceptors (Lipinski definition) is 1. The van der Waals surface area contributed by atoms with Gasteiger partial charge in [0.2, 0.25) is 0 Å². The highest BCUT2D eigenvalue weighted by Gasteiger charge is 2.00. The molecule has 84 valence electrons. The Balaban J connectivity index is 2.52. The molecule has 0 bridgehead atoms. The molecule has 0 aromatic heterocycles. The van der Waals surface area contributed by atoms with Gasteiger partial charge < -0.3 is 5.73 Å². The Morgan fingerprint density at radius 3 is 2.47 bits per heavy atom. The molecule has 0 aliphatic rings. The van der Waals surface area contributed by atoms with E-state index in [9.17, 15) is 0 Å². The van der Waals surface area contributed by atoms with Gasteiger partial charge in [-0.1, -0.05) is 39.2 Å². The lowest BCUT2D eigenvalue weighted by Gasteiger charge is -2.08. The second kappa shape index (κ2) is 6.49. The second-order valence-corrected chi connectivity index (χ2v) is 4.19. The van der Waals surface area contributed by atoms with Crippen molar-refractivity contribution in [3.8, 4) is 0 Å². The highest BCUT2D eigenvalue weighted by molar-refractivity contribution is 5.44. The predicted molar refractivity (Wildman–Crippen MR) is 68.1 cm³/mol. The van der Waals surface area contributed by atoms with Gasteiger partial charge in [0.25, 0.3) is 0 Å². The van der Waals surface area contributed by atoms with E-state index in [2.05, 4.69) is 26.0 Å². The summed E-state index contributed by atoms with van der Waals surface area (Å²) in [6, 6.07) is 6.34. The first kappa shape index (κ1) is 12.1. The molecule has 0 atom stereocenters. The summed E-state index contributed by atoms with van der Waals surface area (Å²) >= 11 is 0. The minimum atomic E-state index is 0.893. The number of nitrogens with two attached hydrogens (primary N) is 1. The summed E-state index contributed by atoms with van der Waals surface area (Å²) in [5.74, 6) is 0. The van der Waals surface area contributed by atoms with Crippen molar-refractivity contribution in [3.63, 3.8) is 0 Å². The van der Waals surface area contributed by atoms with Crippen LogP contribution in [0.3, 0.4) is 0 Å². The Kier molecular flexibility index (Phi) is 5.23. The fraction of sp³-hybridized carbons (Fsp3) is 0.571. The van der Waals surface area contributed by atoms with Gasteiger partial charge in [-0.05, 0) is 42.5 Å². The smallest absolute Gasteiger partial charge is 0.0316 e. The maximum Gasteiger partial charge on any atom is 0.0316 e. The molecule has 0 fully saturated rings. The van der Waals surface area contributed by atoms with E-state index < -0.39 is 0 Å². The second-order valence-electron chi connectivity index (χ2n) is 4.19. The molecule has 1 heteroatoms. The van der Waals surface area contributed by atoms with Crippen LogP contribution in [-0.4, -0.2) is 0 Å². The highest BCUT2D eigenvalue weighted by Crippen LogP contribution is 2.17. The number of benzene rings is 1. The summed E-state index contributed by atoms with van der Waals surface area (Å²) in [4.78, 5) is 0. The zero-order chi connectivity index (χ0) is 11.1. The van der Waals surface area contributed by atoms with Gasteiger partial charge in [0.1, 0.15) is 0 Å². The van der Waals surface area contributed by atoms with E-state index in [1.165, 1.54) is 43.2 Å². The van der Waals surface area contributed by atoms with Crippen molar-refractivity contribution in [2.45, 2.75) is 52.4 Å². The summed E-state index contributed by atoms with van der Waals surface area (Å²) in [5, 5.41) is 0. The average Bonchev–Trinajstić information content (AvgIpc) is 2.26. The molecular weight excluding hydrogens is 182 g/mol. The lowest BCUT2D eigenvalue weighted by Crippen LogP contribution is -1.95. The molecule has 0 unspecified atom stereocenters. The van der Waals surface area contributed by atoms with Crippen molar-refractivity contribution in [1.82, 2.24) is 0 Å². The molecule has 1 aromatic carbocycles. The average molecular weight is 205 g/mol. The van der Waals surface area contributed by atoms with Crippen LogP contribution >= 0.6 is 0 Å². The molecular formula is C14H23N. The zero-order valence-electron chi connectivity index (χ0n) is 10.1. The lowest BCUT2D eigenvalue weighted by atomic mass is 9.99. The first-order valence-corrected chi connectivity index (χ1v) is 6.15. The van der Waals surface area contributed by atoms with Crippen LogP contribution in [-0.2, 0) is 12.8 Å². The Hall–Kier alpha value is -0.980. The number of unbranched alkanes of at least 4 members (excludes halogenated alkanes) is 3. The first-order valence-electron chi connectivity index (χ1n) is 6.15. The molecule has 0 aliphatic heterocycles. The number of rotatable bonds is 6. The van der Waals surface area contributed by atoms with E-state index in [4.69, 9.17) is 5.73 Å². The lowest BCUT2D eigenvalue weighted by molar-refractivity contribution is 0.665. The standard InChI is InChI=1S/C14H23N/c1-3-5-6-7-8-13-9-10-14(15)11-12(13)4-2/h9-11H,3-8,15H2,1-2H3. The topological polar surface area (TPSA) is 26.0 Å². The SMILES string of the molecule is CCCCCCc1ccc(N)cc1CC. The van der Waals surface area contributed by atoms with E-state index >= 15 is 0 Å². The van der Waals surface area contributed by atoms with Crippen LogP contribution in [0.2, 0.25) is 0 Å². The number of hydrogen-bond donors (Lipinski definition) is 1. The largest absolute Gasteiger partial charge is 0.399 e. The van der Waals surface area contributed by atoms with Crippen molar-refractivity contribution in [2.24, 2.45) is 0 Å². The van der Waals surface area contributed by atoms with Crippen LogP contribution in [0.25, 0.3) is 0 Å². The van der Waals surface area contributed by atoms with Crippen molar-refractivity contribution >= 4 is 5.69 Å². The number of aryl methyl sites for hydroxylation is 2. The Bertz CT molecular complexity index is 291. The predicted octanol–water partition coefficient (Wildman–Crippen LogP) is 3.95. The van der Waals surface area contributed by atoms with Crippen molar-refractivity contribution in [2.75, 3.05) is 5.73 Å². The van der Waals surface area contributed by atoms with Crippen LogP contribution < -0.4 is 5.73 Å². The molecule has 1 rings (SSSR count). The van der Waals surface area contributed by atoms with E-state index in [-0.39, 0.29) is 0 Å². The molecule has 15 heavy (non-hydrogen) atoms. The van der Waals surface area contributed by atoms with Crippen LogP contribution in [0.4, 0.5) is 5.69 Å². The molecule has 1 nitrogen and oxygen atoms in total. The summed E-state index contributed by atoms with van der Waals surface area (Å²) < 4.78 is 0. The summed E-state index contributed by atoms with van der Waals surface area (Å²) in [7, 11) is 0. The summed E-state index contributed by atoms with van der Waals surface area (Å²) in [5.41, 5.74) is 9.58. The van der Waals surface area contributed by atoms with Gasteiger partial charge in [-0.2, -0.15) is 0 Å². The van der Waals surface area contributed by atoms with E-state index in [0.29, 0.717) is 0 Å². The van der Waals surface area contributed by atoms with Crippen molar-refractivity contribution in [1.29, 1.82) is 0 Å². The Labute approximate surface area is 93.7 Å². The monoisotopic (exact) mass is 205 g/mol. The Morgan fingerprint density at radius 2 is 1.80 bits per heavy atom. The minimum Gasteiger partial charge on any atom is -0.399 e. The normalized spacial score (nSPS) is 10.5. The number of anilines is 1. The van der Waals surface area contributed by atoms with Crippen LogP contribution in [0, 0.1) is 0 Å².